The van der Waals surface area contributed by atoms with Gasteiger partial charge in [0.25, 0.3) is 5.56 Å². The van der Waals surface area contributed by atoms with Gasteiger partial charge in [-0.25, -0.2) is 13.8 Å². The number of benzene rings is 2. The van der Waals surface area contributed by atoms with Crippen LogP contribution in [0.2, 0.25) is 0 Å². The minimum atomic E-state index is -0.475. The number of amides is 1. The molecule has 0 spiro atoms. The lowest BCUT2D eigenvalue weighted by atomic mass is 10.1. The second kappa shape index (κ2) is 8.05. The molecular weight excluding hydrogens is 429 g/mol. The fraction of sp³-hybridized carbons (Fsp3) is 0.217. The topological polar surface area (TPSA) is 100 Å². The largest absolute Gasteiger partial charge is 0.454 e. The molecule has 0 radical (unpaired) electrons. The lowest BCUT2D eigenvalue weighted by Gasteiger charge is -2.12. The predicted molar refractivity (Wildman–Crippen MR) is 118 cm³/mol. The van der Waals surface area contributed by atoms with Crippen LogP contribution in [0.1, 0.15) is 25.5 Å². The van der Waals surface area contributed by atoms with Crippen LogP contribution in [0.5, 0.6) is 11.5 Å². The molecule has 0 unspecified atom stereocenters. The van der Waals surface area contributed by atoms with Crippen LogP contribution in [-0.4, -0.2) is 32.3 Å². The fourth-order valence-electron chi connectivity index (χ4n) is 3.72. The maximum Gasteiger partial charge on any atom is 0.293 e. The molecule has 2 aromatic heterocycles. The van der Waals surface area contributed by atoms with Crippen molar-refractivity contribution < 1.29 is 18.7 Å². The molecule has 1 aliphatic heterocycles. The highest BCUT2D eigenvalue weighted by atomic mass is 19.1. The first-order chi connectivity index (χ1) is 15.9. The van der Waals surface area contributed by atoms with E-state index in [9.17, 15) is 14.0 Å². The van der Waals surface area contributed by atoms with Gasteiger partial charge < -0.3 is 14.8 Å². The van der Waals surface area contributed by atoms with E-state index in [1.54, 1.807) is 24.4 Å². The highest BCUT2D eigenvalue weighted by Crippen LogP contribution is 2.34. The lowest BCUT2D eigenvalue weighted by molar-refractivity contribution is -0.117. The molecule has 0 bridgehead atoms. The molecule has 10 heteroatoms. The summed E-state index contributed by atoms with van der Waals surface area (Å²) < 4.78 is 26.6. The van der Waals surface area contributed by atoms with Gasteiger partial charge in [0.2, 0.25) is 12.7 Å². The Labute approximate surface area is 187 Å². The van der Waals surface area contributed by atoms with Crippen LogP contribution in [0.4, 0.5) is 10.1 Å². The van der Waals surface area contributed by atoms with Crippen LogP contribution in [0, 0.1) is 5.82 Å². The van der Waals surface area contributed by atoms with E-state index in [1.807, 2.05) is 13.8 Å². The van der Waals surface area contributed by atoms with Crippen molar-refractivity contribution in [2.75, 3.05) is 12.1 Å². The minimum Gasteiger partial charge on any atom is -0.454 e. The second-order valence-corrected chi connectivity index (χ2v) is 7.91. The van der Waals surface area contributed by atoms with Gasteiger partial charge in [0.05, 0.1) is 17.6 Å². The van der Waals surface area contributed by atoms with Crippen LogP contribution in [0.15, 0.2) is 53.5 Å². The number of rotatable bonds is 5. The minimum absolute atomic E-state index is 0.0258. The number of halogens is 1. The Kier molecular flexibility index (Phi) is 5.04. The summed E-state index contributed by atoms with van der Waals surface area (Å²) in [6.07, 6.45) is 1.57. The zero-order valence-corrected chi connectivity index (χ0v) is 17.9. The van der Waals surface area contributed by atoms with Crippen LogP contribution < -0.4 is 20.3 Å². The quantitative estimate of drug-likeness (QED) is 0.502. The molecule has 0 saturated heterocycles. The van der Waals surface area contributed by atoms with Crippen LogP contribution in [0.3, 0.4) is 0 Å². The van der Waals surface area contributed by atoms with Crippen molar-refractivity contribution in [2.24, 2.45) is 0 Å². The maximum absolute atomic E-state index is 13.4. The first kappa shape index (κ1) is 20.7. The van der Waals surface area contributed by atoms with Crippen molar-refractivity contribution in [1.82, 2.24) is 19.6 Å². The summed E-state index contributed by atoms with van der Waals surface area (Å²) in [5.41, 5.74) is 1.47. The molecule has 0 atom stereocenters. The van der Waals surface area contributed by atoms with E-state index < -0.39 is 17.3 Å². The molecule has 0 fully saturated rings. The third-order valence-electron chi connectivity index (χ3n) is 5.28. The van der Waals surface area contributed by atoms with Gasteiger partial charge in [-0.1, -0.05) is 13.8 Å². The van der Waals surface area contributed by atoms with E-state index >= 15 is 0 Å². The molecule has 5 rings (SSSR count). The smallest absolute Gasteiger partial charge is 0.293 e. The van der Waals surface area contributed by atoms with Crippen molar-refractivity contribution in [3.8, 4) is 17.2 Å². The van der Waals surface area contributed by atoms with Gasteiger partial charge >= 0.3 is 0 Å². The molecule has 0 aliphatic carbocycles. The Balaban J connectivity index is 1.51. The van der Waals surface area contributed by atoms with E-state index in [-0.39, 0.29) is 24.8 Å². The number of aromatic nitrogens is 4. The summed E-state index contributed by atoms with van der Waals surface area (Å²) in [4.78, 5) is 26.1. The average molecular weight is 449 g/mol. The molecule has 4 aromatic rings. The normalized spacial score (nSPS) is 12.5. The van der Waals surface area contributed by atoms with Gasteiger partial charge in [0.15, 0.2) is 11.5 Å². The third-order valence-corrected chi connectivity index (χ3v) is 5.28. The zero-order chi connectivity index (χ0) is 23.1. The van der Waals surface area contributed by atoms with E-state index in [1.165, 1.54) is 28.9 Å². The number of hydrogen-bond acceptors (Lipinski definition) is 6. The molecule has 0 saturated carbocycles. The summed E-state index contributed by atoms with van der Waals surface area (Å²) in [5.74, 6) is 0.298. The molecule has 1 aliphatic rings. The molecule has 1 N–H and O–H groups in total. The van der Waals surface area contributed by atoms with Crippen molar-refractivity contribution in [3.63, 3.8) is 0 Å². The standard InChI is InChI=1S/C23H20FN5O4/c1-13(2)21-17-10-25-29(16-6-3-14(24)4-7-16)22(17)23(31)28(27-21)11-20(30)26-15-5-8-18-19(9-15)33-12-32-18/h3-10,13H,11-12H2,1-2H3,(H,26,30). The average Bonchev–Trinajstić information content (AvgIpc) is 3.43. The van der Waals surface area contributed by atoms with Crippen LogP contribution in [0.25, 0.3) is 16.6 Å². The van der Waals surface area contributed by atoms with Gasteiger partial charge in [0, 0.05) is 17.1 Å². The number of fused-ring (bicyclic) bond motifs is 2. The van der Waals surface area contributed by atoms with Crippen LogP contribution in [-0.2, 0) is 11.3 Å². The van der Waals surface area contributed by atoms with E-state index in [0.29, 0.717) is 34.0 Å². The molecule has 1 amide bonds. The van der Waals surface area contributed by atoms with Crippen molar-refractivity contribution in [3.05, 3.63) is 70.5 Å². The molecule has 3 heterocycles. The number of ether oxygens (including phenoxy) is 2. The Morgan fingerprint density at radius 1 is 1.15 bits per heavy atom. The number of carbonyl (C=O) groups excluding carboxylic acids is 1. The van der Waals surface area contributed by atoms with Gasteiger partial charge in [-0.05, 0) is 42.3 Å². The summed E-state index contributed by atoms with van der Waals surface area (Å²) >= 11 is 0. The summed E-state index contributed by atoms with van der Waals surface area (Å²) in [6.45, 7) is 3.72. The van der Waals surface area contributed by atoms with E-state index in [4.69, 9.17) is 9.47 Å². The summed E-state index contributed by atoms with van der Waals surface area (Å²) in [5, 5.41) is 12.1. The Morgan fingerprint density at radius 3 is 2.67 bits per heavy atom. The van der Waals surface area contributed by atoms with Gasteiger partial charge in [0.1, 0.15) is 17.9 Å². The monoisotopic (exact) mass is 449 g/mol. The second-order valence-electron chi connectivity index (χ2n) is 7.91. The fourth-order valence-corrected chi connectivity index (χ4v) is 3.72. The first-order valence-corrected chi connectivity index (χ1v) is 10.3. The van der Waals surface area contributed by atoms with Crippen LogP contribution >= 0.6 is 0 Å². The van der Waals surface area contributed by atoms with Gasteiger partial charge in [-0.3, -0.25) is 9.59 Å². The Bertz CT molecular complexity index is 1430. The number of nitrogens with zero attached hydrogens (tertiary/aromatic N) is 4. The molecular formula is C23H20FN5O4. The molecule has 33 heavy (non-hydrogen) atoms. The lowest BCUT2D eigenvalue weighted by Crippen LogP contribution is -2.31. The van der Waals surface area contributed by atoms with Crippen molar-refractivity contribution in [2.45, 2.75) is 26.3 Å². The van der Waals surface area contributed by atoms with E-state index in [0.717, 1.165) is 4.68 Å². The number of nitrogens with one attached hydrogen (secondary N) is 1. The van der Waals surface area contributed by atoms with Crippen molar-refractivity contribution in [1.29, 1.82) is 0 Å². The SMILES string of the molecule is CC(C)c1nn(CC(=O)Nc2ccc3c(c2)OCO3)c(=O)c2c1cnn2-c1ccc(F)cc1. The van der Waals surface area contributed by atoms with E-state index in [2.05, 4.69) is 15.5 Å². The predicted octanol–water partition coefficient (Wildman–Crippen LogP) is 3.21. The number of carbonyl (C=O) groups is 1. The Hall–Kier alpha value is -4.21. The molecule has 9 nitrogen and oxygen atoms in total. The first-order valence-electron chi connectivity index (χ1n) is 10.3. The third kappa shape index (κ3) is 3.79. The van der Waals surface area contributed by atoms with Gasteiger partial charge in [-0.2, -0.15) is 10.2 Å². The van der Waals surface area contributed by atoms with Gasteiger partial charge in [-0.15, -0.1) is 0 Å². The molecule has 168 valence electrons. The molecule has 2 aromatic carbocycles. The Morgan fingerprint density at radius 2 is 1.91 bits per heavy atom. The maximum atomic E-state index is 13.4. The number of anilines is 1. The highest BCUT2D eigenvalue weighted by molar-refractivity contribution is 5.91. The zero-order valence-electron chi connectivity index (χ0n) is 17.9. The number of hydrogen-bond donors (Lipinski definition) is 1. The highest BCUT2D eigenvalue weighted by Gasteiger charge is 2.20. The summed E-state index contributed by atoms with van der Waals surface area (Å²) in [7, 11) is 0. The summed E-state index contributed by atoms with van der Waals surface area (Å²) in [6, 6.07) is 10.7. The van der Waals surface area contributed by atoms with Crippen molar-refractivity contribution >= 4 is 22.5 Å².